The van der Waals surface area contributed by atoms with Gasteiger partial charge >= 0.3 is 0 Å². The number of nitrogens with one attached hydrogen (secondary N) is 2. The number of benzene rings is 1. The maximum atomic E-state index is 5.29. The lowest BCUT2D eigenvalue weighted by atomic mass is 9.92. The van der Waals surface area contributed by atoms with E-state index in [-0.39, 0.29) is 0 Å². The van der Waals surface area contributed by atoms with E-state index in [1.165, 1.54) is 29.7 Å². The number of methoxy groups -OCH3 is 1. The standard InChI is InChI=1S/C19H24N4O/c1-24-17-4-2-3-13(9-17)11-20-16-7-8-18-14(10-16)12-21-19(23-18)22-15-5-6-15/h2-4,9,12,15-16,20H,5-8,10-11H2,1H3,(H,21,22,23)/t16-/m1/s1. The van der Waals surface area contributed by atoms with Crippen molar-refractivity contribution < 1.29 is 4.74 Å². The summed E-state index contributed by atoms with van der Waals surface area (Å²) < 4.78 is 5.29. The molecule has 0 aliphatic heterocycles. The van der Waals surface area contributed by atoms with Crippen molar-refractivity contribution in [2.75, 3.05) is 12.4 Å². The van der Waals surface area contributed by atoms with Gasteiger partial charge in [0.05, 0.1) is 7.11 Å². The molecule has 0 radical (unpaired) electrons. The zero-order chi connectivity index (χ0) is 16.4. The Morgan fingerprint density at radius 3 is 2.96 bits per heavy atom. The van der Waals surface area contributed by atoms with Crippen LogP contribution in [0.2, 0.25) is 0 Å². The minimum atomic E-state index is 0.481. The third kappa shape index (κ3) is 3.67. The molecule has 1 aromatic heterocycles. The van der Waals surface area contributed by atoms with E-state index in [0.717, 1.165) is 37.5 Å². The number of nitrogens with zero attached hydrogens (tertiary/aromatic N) is 2. The van der Waals surface area contributed by atoms with Crippen LogP contribution in [0.1, 0.15) is 36.1 Å². The third-order valence-electron chi connectivity index (χ3n) is 4.79. The van der Waals surface area contributed by atoms with Gasteiger partial charge in [0.25, 0.3) is 0 Å². The number of anilines is 1. The molecule has 1 saturated carbocycles. The lowest BCUT2D eigenvalue weighted by molar-refractivity contribution is 0.413. The summed E-state index contributed by atoms with van der Waals surface area (Å²) >= 11 is 0. The normalized spacial score (nSPS) is 19.6. The Hall–Kier alpha value is -2.14. The Morgan fingerprint density at radius 1 is 1.21 bits per heavy atom. The van der Waals surface area contributed by atoms with Gasteiger partial charge in [-0.15, -0.1) is 0 Å². The first kappa shape index (κ1) is 15.4. The van der Waals surface area contributed by atoms with Crippen LogP contribution in [0.4, 0.5) is 5.95 Å². The van der Waals surface area contributed by atoms with E-state index < -0.39 is 0 Å². The van der Waals surface area contributed by atoms with Crippen molar-refractivity contribution in [1.82, 2.24) is 15.3 Å². The highest BCUT2D eigenvalue weighted by atomic mass is 16.5. The number of aryl methyl sites for hydroxylation is 1. The van der Waals surface area contributed by atoms with Gasteiger partial charge in [-0.25, -0.2) is 9.97 Å². The number of aromatic nitrogens is 2. The molecule has 1 heterocycles. The summed E-state index contributed by atoms with van der Waals surface area (Å²) in [5.74, 6) is 1.71. The van der Waals surface area contributed by atoms with Crippen molar-refractivity contribution in [3.8, 4) is 5.75 Å². The lowest BCUT2D eigenvalue weighted by Crippen LogP contribution is -2.34. The zero-order valence-corrected chi connectivity index (χ0v) is 14.1. The summed E-state index contributed by atoms with van der Waals surface area (Å²) in [6, 6.07) is 9.31. The Bertz CT molecular complexity index is 714. The average Bonchev–Trinajstić information content (AvgIpc) is 3.44. The molecular formula is C19H24N4O. The lowest BCUT2D eigenvalue weighted by Gasteiger charge is -2.25. The van der Waals surface area contributed by atoms with Gasteiger partial charge in [-0.3, -0.25) is 0 Å². The quantitative estimate of drug-likeness (QED) is 0.855. The number of fused-ring (bicyclic) bond motifs is 1. The van der Waals surface area contributed by atoms with Gasteiger partial charge in [0.15, 0.2) is 0 Å². The SMILES string of the molecule is COc1cccc(CN[C@@H]2CCc3nc(NC4CC4)ncc3C2)c1. The van der Waals surface area contributed by atoms with Crippen LogP contribution in [0.3, 0.4) is 0 Å². The molecule has 2 aliphatic rings. The second-order valence-corrected chi connectivity index (χ2v) is 6.76. The number of ether oxygens (including phenoxy) is 1. The maximum Gasteiger partial charge on any atom is 0.223 e. The van der Waals surface area contributed by atoms with E-state index in [2.05, 4.69) is 27.8 Å². The zero-order valence-electron chi connectivity index (χ0n) is 14.1. The Labute approximate surface area is 142 Å². The summed E-state index contributed by atoms with van der Waals surface area (Å²) in [4.78, 5) is 9.18. The summed E-state index contributed by atoms with van der Waals surface area (Å²) in [7, 11) is 1.71. The molecule has 0 saturated heterocycles. The Kier molecular flexibility index (Phi) is 4.34. The smallest absolute Gasteiger partial charge is 0.223 e. The molecule has 126 valence electrons. The summed E-state index contributed by atoms with van der Waals surface area (Å²) in [6.45, 7) is 0.860. The Balaban J connectivity index is 1.35. The van der Waals surface area contributed by atoms with Gasteiger partial charge in [0, 0.05) is 30.5 Å². The van der Waals surface area contributed by atoms with Crippen LogP contribution in [0.5, 0.6) is 5.75 Å². The first-order valence-electron chi connectivity index (χ1n) is 8.78. The molecule has 5 nitrogen and oxygen atoms in total. The van der Waals surface area contributed by atoms with Gasteiger partial charge in [0.2, 0.25) is 5.95 Å². The fourth-order valence-corrected chi connectivity index (χ4v) is 3.21. The van der Waals surface area contributed by atoms with Gasteiger partial charge in [-0.1, -0.05) is 12.1 Å². The number of hydrogen-bond acceptors (Lipinski definition) is 5. The van der Waals surface area contributed by atoms with Crippen LogP contribution in [0, 0.1) is 0 Å². The molecule has 0 spiro atoms. The van der Waals surface area contributed by atoms with Crippen LogP contribution >= 0.6 is 0 Å². The van der Waals surface area contributed by atoms with Crippen molar-refractivity contribution >= 4 is 5.95 Å². The third-order valence-corrected chi connectivity index (χ3v) is 4.79. The van der Waals surface area contributed by atoms with Gasteiger partial charge < -0.3 is 15.4 Å². The summed E-state index contributed by atoms with van der Waals surface area (Å²) in [5.41, 5.74) is 3.75. The monoisotopic (exact) mass is 324 g/mol. The fourth-order valence-electron chi connectivity index (χ4n) is 3.21. The molecule has 1 atom stereocenters. The van der Waals surface area contributed by atoms with Crippen LogP contribution in [-0.2, 0) is 19.4 Å². The van der Waals surface area contributed by atoms with E-state index in [0.29, 0.717) is 12.1 Å². The van der Waals surface area contributed by atoms with Crippen molar-refractivity contribution in [3.63, 3.8) is 0 Å². The molecule has 4 rings (SSSR count). The van der Waals surface area contributed by atoms with Gasteiger partial charge in [-0.05, 0) is 55.4 Å². The Morgan fingerprint density at radius 2 is 2.12 bits per heavy atom. The van der Waals surface area contributed by atoms with Crippen molar-refractivity contribution in [2.45, 2.75) is 50.7 Å². The molecule has 0 bridgehead atoms. The highest BCUT2D eigenvalue weighted by Crippen LogP contribution is 2.25. The van der Waals surface area contributed by atoms with Crippen LogP contribution in [0.15, 0.2) is 30.5 Å². The maximum absolute atomic E-state index is 5.29. The minimum Gasteiger partial charge on any atom is -0.497 e. The van der Waals surface area contributed by atoms with Crippen molar-refractivity contribution in [1.29, 1.82) is 0 Å². The molecule has 1 fully saturated rings. The van der Waals surface area contributed by atoms with E-state index in [4.69, 9.17) is 9.72 Å². The summed E-state index contributed by atoms with van der Waals surface area (Å²) in [6.07, 6.45) is 7.65. The molecule has 0 unspecified atom stereocenters. The summed E-state index contributed by atoms with van der Waals surface area (Å²) in [5, 5.41) is 7.05. The largest absolute Gasteiger partial charge is 0.497 e. The van der Waals surface area contributed by atoms with Gasteiger partial charge in [-0.2, -0.15) is 0 Å². The number of hydrogen-bond donors (Lipinski definition) is 2. The van der Waals surface area contributed by atoms with Crippen LogP contribution < -0.4 is 15.4 Å². The highest BCUT2D eigenvalue weighted by Gasteiger charge is 2.24. The minimum absolute atomic E-state index is 0.481. The molecule has 1 aromatic carbocycles. The van der Waals surface area contributed by atoms with E-state index in [1.54, 1.807) is 7.11 Å². The van der Waals surface area contributed by atoms with Crippen LogP contribution in [0.25, 0.3) is 0 Å². The number of rotatable bonds is 6. The molecule has 24 heavy (non-hydrogen) atoms. The van der Waals surface area contributed by atoms with E-state index in [1.807, 2.05) is 18.3 Å². The molecule has 2 aliphatic carbocycles. The van der Waals surface area contributed by atoms with E-state index >= 15 is 0 Å². The molecule has 2 aromatic rings. The molecular weight excluding hydrogens is 300 g/mol. The predicted molar refractivity (Wildman–Crippen MR) is 94.3 cm³/mol. The first-order valence-corrected chi connectivity index (χ1v) is 8.78. The second-order valence-electron chi connectivity index (χ2n) is 6.76. The average molecular weight is 324 g/mol. The van der Waals surface area contributed by atoms with E-state index in [9.17, 15) is 0 Å². The van der Waals surface area contributed by atoms with Crippen LogP contribution in [-0.4, -0.2) is 29.2 Å². The molecule has 0 amide bonds. The predicted octanol–water partition coefficient (Wildman–Crippen LogP) is 2.71. The molecule has 5 heteroatoms. The highest BCUT2D eigenvalue weighted by molar-refractivity contribution is 5.34. The van der Waals surface area contributed by atoms with Crippen molar-refractivity contribution in [2.24, 2.45) is 0 Å². The molecule has 2 N–H and O–H groups in total. The van der Waals surface area contributed by atoms with Gasteiger partial charge in [0.1, 0.15) is 5.75 Å². The first-order chi connectivity index (χ1) is 11.8. The second kappa shape index (κ2) is 6.77. The fraction of sp³-hybridized carbons (Fsp3) is 0.474. The topological polar surface area (TPSA) is 59.1 Å². The van der Waals surface area contributed by atoms with Crippen molar-refractivity contribution in [3.05, 3.63) is 47.3 Å².